The number of nitrogens with zero attached hydrogens (tertiary/aromatic N) is 1. The number of hydrogen-bond donors (Lipinski definition) is 2. The molecule has 2 rings (SSSR count). The normalized spacial score (nSPS) is 10.3. The topological polar surface area (TPSA) is 58.4 Å². The second-order valence-corrected chi connectivity index (χ2v) is 5.96. The molecule has 0 aliphatic rings. The summed E-state index contributed by atoms with van der Waals surface area (Å²) in [5, 5.41) is 3.26. The van der Waals surface area contributed by atoms with Crippen LogP contribution in [0.3, 0.4) is 0 Å². The van der Waals surface area contributed by atoms with Crippen molar-refractivity contribution in [1.82, 2.24) is 4.90 Å². The Labute approximate surface area is 133 Å². The van der Waals surface area contributed by atoms with E-state index in [1.807, 2.05) is 25.1 Å². The van der Waals surface area contributed by atoms with Gasteiger partial charge in [-0.1, -0.05) is 6.07 Å². The van der Waals surface area contributed by atoms with Crippen LogP contribution in [0.25, 0.3) is 0 Å². The highest BCUT2D eigenvalue weighted by Gasteiger charge is 2.11. The second-order valence-electron chi connectivity index (χ2n) is 5.11. The van der Waals surface area contributed by atoms with Crippen molar-refractivity contribution in [3.05, 3.63) is 52.0 Å². The van der Waals surface area contributed by atoms with Crippen LogP contribution >= 0.6 is 15.9 Å². The van der Waals surface area contributed by atoms with Crippen molar-refractivity contribution in [2.75, 3.05) is 25.1 Å². The SMILES string of the molecule is Cc1ccc(Nc2cc(C(=O)N(C)C)ccc2N)c(Br)c1. The van der Waals surface area contributed by atoms with E-state index in [-0.39, 0.29) is 5.91 Å². The van der Waals surface area contributed by atoms with E-state index in [9.17, 15) is 4.79 Å². The third-order valence-electron chi connectivity index (χ3n) is 3.10. The summed E-state index contributed by atoms with van der Waals surface area (Å²) in [6, 6.07) is 11.2. The Morgan fingerprint density at radius 3 is 2.48 bits per heavy atom. The van der Waals surface area contributed by atoms with Gasteiger partial charge in [-0.3, -0.25) is 4.79 Å². The zero-order chi connectivity index (χ0) is 15.6. The number of benzene rings is 2. The van der Waals surface area contributed by atoms with Gasteiger partial charge in [-0.05, 0) is 58.7 Å². The lowest BCUT2D eigenvalue weighted by Crippen LogP contribution is -2.21. The minimum Gasteiger partial charge on any atom is -0.397 e. The Kier molecular flexibility index (Phi) is 4.53. The quantitative estimate of drug-likeness (QED) is 0.830. The predicted octanol–water partition coefficient (Wildman–Crippen LogP) is 3.79. The highest BCUT2D eigenvalue weighted by atomic mass is 79.9. The summed E-state index contributed by atoms with van der Waals surface area (Å²) < 4.78 is 0.950. The van der Waals surface area contributed by atoms with Gasteiger partial charge in [-0.2, -0.15) is 0 Å². The van der Waals surface area contributed by atoms with Gasteiger partial charge in [0.15, 0.2) is 0 Å². The first kappa shape index (κ1) is 15.4. The predicted molar refractivity (Wildman–Crippen MR) is 91.0 cm³/mol. The van der Waals surface area contributed by atoms with E-state index in [4.69, 9.17) is 5.73 Å². The van der Waals surface area contributed by atoms with Crippen molar-refractivity contribution in [2.24, 2.45) is 0 Å². The summed E-state index contributed by atoms with van der Waals surface area (Å²) in [5.41, 5.74) is 9.97. The van der Waals surface area contributed by atoms with Crippen LogP contribution in [0.1, 0.15) is 15.9 Å². The molecule has 0 aliphatic carbocycles. The maximum absolute atomic E-state index is 12.0. The maximum atomic E-state index is 12.0. The van der Waals surface area contributed by atoms with Crippen molar-refractivity contribution in [3.8, 4) is 0 Å². The van der Waals surface area contributed by atoms with Gasteiger partial charge in [0.05, 0.1) is 17.1 Å². The van der Waals surface area contributed by atoms with E-state index in [0.29, 0.717) is 16.9 Å². The first-order valence-electron chi connectivity index (χ1n) is 6.53. The summed E-state index contributed by atoms with van der Waals surface area (Å²) in [7, 11) is 3.45. The number of carbonyl (C=O) groups is 1. The fourth-order valence-corrected chi connectivity index (χ4v) is 2.51. The summed E-state index contributed by atoms with van der Waals surface area (Å²) >= 11 is 3.52. The van der Waals surface area contributed by atoms with E-state index in [0.717, 1.165) is 15.7 Å². The number of anilines is 3. The molecule has 0 atom stereocenters. The summed E-state index contributed by atoms with van der Waals surface area (Å²) in [5.74, 6) is -0.0546. The van der Waals surface area contributed by atoms with Gasteiger partial charge in [-0.25, -0.2) is 0 Å². The summed E-state index contributed by atoms with van der Waals surface area (Å²) in [6.07, 6.45) is 0. The molecule has 0 fully saturated rings. The number of carbonyl (C=O) groups excluding carboxylic acids is 1. The molecular formula is C16H18BrN3O. The lowest BCUT2D eigenvalue weighted by molar-refractivity contribution is 0.0827. The highest BCUT2D eigenvalue weighted by Crippen LogP contribution is 2.30. The number of nitrogen functional groups attached to an aromatic ring is 1. The van der Waals surface area contributed by atoms with Crippen LogP contribution in [0, 0.1) is 6.92 Å². The molecule has 0 spiro atoms. The minimum atomic E-state index is -0.0546. The first-order chi connectivity index (χ1) is 9.88. The van der Waals surface area contributed by atoms with Crippen molar-refractivity contribution < 1.29 is 4.79 Å². The average molecular weight is 348 g/mol. The molecule has 0 unspecified atom stereocenters. The Morgan fingerprint density at radius 2 is 1.86 bits per heavy atom. The van der Waals surface area contributed by atoms with Gasteiger partial charge in [0.25, 0.3) is 5.91 Å². The molecule has 0 radical (unpaired) electrons. The van der Waals surface area contributed by atoms with Gasteiger partial charge < -0.3 is 16.0 Å². The van der Waals surface area contributed by atoms with Gasteiger partial charge in [0, 0.05) is 24.1 Å². The number of nitrogens with two attached hydrogens (primary N) is 1. The molecule has 0 saturated carbocycles. The number of aryl methyl sites for hydroxylation is 1. The minimum absolute atomic E-state index is 0.0546. The van der Waals surface area contributed by atoms with E-state index in [2.05, 4.69) is 21.2 Å². The molecule has 3 N–H and O–H groups in total. The molecule has 4 nitrogen and oxygen atoms in total. The molecule has 5 heteroatoms. The number of amides is 1. The van der Waals surface area contributed by atoms with Gasteiger partial charge in [0.1, 0.15) is 0 Å². The number of rotatable bonds is 3. The molecule has 2 aromatic carbocycles. The highest BCUT2D eigenvalue weighted by molar-refractivity contribution is 9.10. The van der Waals surface area contributed by atoms with Gasteiger partial charge >= 0.3 is 0 Å². The molecular weight excluding hydrogens is 330 g/mol. The number of nitrogens with one attached hydrogen (secondary N) is 1. The molecule has 1 amide bonds. The fourth-order valence-electron chi connectivity index (χ4n) is 1.92. The Balaban J connectivity index is 2.35. The van der Waals surface area contributed by atoms with E-state index >= 15 is 0 Å². The van der Waals surface area contributed by atoms with Crippen molar-refractivity contribution in [3.63, 3.8) is 0 Å². The second kappa shape index (κ2) is 6.18. The molecule has 0 heterocycles. The molecule has 2 aromatic rings. The van der Waals surface area contributed by atoms with E-state index in [1.54, 1.807) is 32.3 Å². The van der Waals surface area contributed by atoms with Crippen LogP contribution in [-0.2, 0) is 0 Å². The van der Waals surface area contributed by atoms with Crippen LogP contribution in [0.2, 0.25) is 0 Å². The van der Waals surface area contributed by atoms with Crippen LogP contribution in [0.5, 0.6) is 0 Å². The molecule has 21 heavy (non-hydrogen) atoms. The lowest BCUT2D eigenvalue weighted by Gasteiger charge is -2.15. The van der Waals surface area contributed by atoms with E-state index in [1.165, 1.54) is 4.90 Å². The molecule has 0 bridgehead atoms. The Bertz CT molecular complexity index is 683. The van der Waals surface area contributed by atoms with Gasteiger partial charge in [-0.15, -0.1) is 0 Å². The molecule has 0 saturated heterocycles. The standard InChI is InChI=1S/C16H18BrN3O/c1-10-4-7-14(12(17)8-10)19-15-9-11(5-6-13(15)18)16(21)20(2)3/h4-9,19H,18H2,1-3H3. The van der Waals surface area contributed by atoms with Crippen LogP contribution < -0.4 is 11.1 Å². The number of hydrogen-bond acceptors (Lipinski definition) is 3. The van der Waals surface area contributed by atoms with Crippen molar-refractivity contribution in [2.45, 2.75) is 6.92 Å². The molecule has 0 aliphatic heterocycles. The van der Waals surface area contributed by atoms with E-state index < -0.39 is 0 Å². The zero-order valence-electron chi connectivity index (χ0n) is 12.3. The van der Waals surface area contributed by atoms with Crippen LogP contribution in [0.4, 0.5) is 17.1 Å². The average Bonchev–Trinajstić information content (AvgIpc) is 2.43. The lowest BCUT2D eigenvalue weighted by atomic mass is 10.1. The monoisotopic (exact) mass is 347 g/mol. The van der Waals surface area contributed by atoms with Crippen molar-refractivity contribution >= 4 is 38.9 Å². The van der Waals surface area contributed by atoms with Crippen molar-refractivity contribution in [1.29, 1.82) is 0 Å². The zero-order valence-corrected chi connectivity index (χ0v) is 13.9. The third-order valence-corrected chi connectivity index (χ3v) is 3.76. The summed E-state index contributed by atoms with van der Waals surface area (Å²) in [4.78, 5) is 13.6. The Hall–Kier alpha value is -2.01. The smallest absolute Gasteiger partial charge is 0.253 e. The molecule has 110 valence electrons. The molecule has 0 aromatic heterocycles. The number of halogens is 1. The van der Waals surface area contributed by atoms with Gasteiger partial charge in [0.2, 0.25) is 0 Å². The summed E-state index contributed by atoms with van der Waals surface area (Å²) in [6.45, 7) is 2.03. The maximum Gasteiger partial charge on any atom is 0.253 e. The fraction of sp³-hybridized carbons (Fsp3) is 0.188. The largest absolute Gasteiger partial charge is 0.397 e. The third kappa shape index (κ3) is 3.55. The van der Waals surface area contributed by atoms with Crippen LogP contribution in [0.15, 0.2) is 40.9 Å². The first-order valence-corrected chi connectivity index (χ1v) is 7.32. The Morgan fingerprint density at radius 1 is 1.14 bits per heavy atom. The van der Waals surface area contributed by atoms with Crippen LogP contribution in [-0.4, -0.2) is 24.9 Å².